The van der Waals surface area contributed by atoms with Crippen LogP contribution in [0.25, 0.3) is 23.0 Å². The van der Waals surface area contributed by atoms with Crippen LogP contribution in [0.15, 0.2) is 109 Å². The normalized spacial score (nSPS) is 11.1. The first-order chi connectivity index (χ1) is 17.2. The first-order valence-electron chi connectivity index (χ1n) is 11.5. The van der Waals surface area contributed by atoms with Gasteiger partial charge < -0.3 is 10.1 Å². The van der Waals surface area contributed by atoms with Crippen LogP contribution in [-0.4, -0.2) is 15.4 Å². The third-order valence-corrected chi connectivity index (χ3v) is 5.69. The van der Waals surface area contributed by atoms with Crippen molar-refractivity contribution in [3.8, 4) is 17.0 Å². The number of imidazole rings is 1. The van der Waals surface area contributed by atoms with Crippen LogP contribution in [0.5, 0.6) is 5.75 Å². The first kappa shape index (κ1) is 22.2. The van der Waals surface area contributed by atoms with Crippen molar-refractivity contribution in [2.45, 2.75) is 13.5 Å². The number of benzene rings is 3. The zero-order valence-corrected chi connectivity index (χ0v) is 19.4. The van der Waals surface area contributed by atoms with Gasteiger partial charge in [-0.25, -0.2) is 9.78 Å². The van der Waals surface area contributed by atoms with E-state index in [1.165, 1.54) is 11.6 Å². The molecule has 1 N–H and O–H groups in total. The second kappa shape index (κ2) is 10.1. The maximum atomic E-state index is 12.4. The highest BCUT2D eigenvalue weighted by atomic mass is 16.5. The predicted molar refractivity (Wildman–Crippen MR) is 140 cm³/mol. The van der Waals surface area contributed by atoms with Gasteiger partial charge in [-0.2, -0.15) is 0 Å². The molecule has 0 aliphatic rings. The third kappa shape index (κ3) is 5.14. The molecule has 0 saturated heterocycles. The molecule has 0 saturated carbocycles. The quantitative estimate of drug-likeness (QED) is 0.171. The molecule has 0 spiro atoms. The average Bonchev–Trinajstić information content (AvgIpc) is 3.28. The molecule has 0 amide bonds. The highest BCUT2D eigenvalue weighted by molar-refractivity contribution is 5.89. The van der Waals surface area contributed by atoms with Crippen LogP contribution in [0.1, 0.15) is 16.7 Å². The number of carbonyl (C=O) groups excluding carboxylic acids is 1. The molecule has 35 heavy (non-hydrogen) atoms. The molecule has 5 rings (SSSR count). The minimum absolute atomic E-state index is 0.431. The summed E-state index contributed by atoms with van der Waals surface area (Å²) in [5.41, 5.74) is 5.73. The number of rotatable bonds is 7. The zero-order valence-electron chi connectivity index (χ0n) is 19.4. The Morgan fingerprint density at radius 1 is 0.943 bits per heavy atom. The summed E-state index contributed by atoms with van der Waals surface area (Å²) in [5.74, 6) is 0.923. The lowest BCUT2D eigenvalue weighted by atomic mass is 10.1. The van der Waals surface area contributed by atoms with Crippen molar-refractivity contribution in [3.05, 3.63) is 126 Å². The van der Waals surface area contributed by atoms with E-state index in [0.29, 0.717) is 12.3 Å². The van der Waals surface area contributed by atoms with Gasteiger partial charge in [0.2, 0.25) is 0 Å². The molecule has 5 nitrogen and oxygen atoms in total. The Balaban J connectivity index is 1.43. The molecule has 0 aliphatic carbocycles. The molecule has 5 aromatic rings. The summed E-state index contributed by atoms with van der Waals surface area (Å²) in [6.45, 7) is 2.71. The van der Waals surface area contributed by atoms with Crippen LogP contribution < -0.4 is 10.1 Å². The van der Waals surface area contributed by atoms with Crippen molar-refractivity contribution in [3.63, 3.8) is 0 Å². The number of hydrogen-bond acceptors (Lipinski definition) is 4. The molecule has 0 radical (unpaired) electrons. The first-order valence-corrected chi connectivity index (χ1v) is 11.5. The Morgan fingerprint density at radius 3 is 2.51 bits per heavy atom. The van der Waals surface area contributed by atoms with E-state index in [1.54, 1.807) is 12.1 Å². The van der Waals surface area contributed by atoms with Gasteiger partial charge in [0.1, 0.15) is 22.9 Å². The van der Waals surface area contributed by atoms with E-state index in [4.69, 9.17) is 9.72 Å². The SMILES string of the molecule is Cc1cccn2c(NCc3ccccc3)c(-c3cccc(OC(=O)/C=C/c4ccccc4)c3)nc12. The van der Waals surface area contributed by atoms with Gasteiger partial charge in [-0.15, -0.1) is 0 Å². The average molecular weight is 460 g/mol. The number of nitrogens with zero attached hydrogens (tertiary/aromatic N) is 2. The van der Waals surface area contributed by atoms with Crippen molar-refractivity contribution >= 4 is 23.5 Å². The second-order valence-corrected chi connectivity index (χ2v) is 8.23. The molecular formula is C30H25N3O2. The van der Waals surface area contributed by atoms with Gasteiger partial charge in [-0.05, 0) is 47.9 Å². The van der Waals surface area contributed by atoms with E-state index in [9.17, 15) is 4.79 Å². The van der Waals surface area contributed by atoms with Gasteiger partial charge in [0.15, 0.2) is 0 Å². The minimum atomic E-state index is -0.431. The van der Waals surface area contributed by atoms with Crippen LogP contribution in [-0.2, 0) is 11.3 Å². The Kier molecular flexibility index (Phi) is 6.39. The molecule has 2 aromatic heterocycles. The zero-order chi connectivity index (χ0) is 24.0. The van der Waals surface area contributed by atoms with E-state index in [2.05, 4.69) is 21.9 Å². The molecule has 0 atom stereocenters. The van der Waals surface area contributed by atoms with Gasteiger partial charge in [-0.1, -0.05) is 78.9 Å². The van der Waals surface area contributed by atoms with Gasteiger partial charge in [0.05, 0.1) is 0 Å². The maximum absolute atomic E-state index is 12.4. The summed E-state index contributed by atoms with van der Waals surface area (Å²) >= 11 is 0. The van der Waals surface area contributed by atoms with E-state index >= 15 is 0 Å². The number of carbonyl (C=O) groups is 1. The van der Waals surface area contributed by atoms with Crippen molar-refractivity contribution < 1.29 is 9.53 Å². The van der Waals surface area contributed by atoms with Gasteiger partial charge >= 0.3 is 5.97 Å². The number of hydrogen-bond donors (Lipinski definition) is 1. The van der Waals surface area contributed by atoms with Crippen LogP contribution in [0.4, 0.5) is 5.82 Å². The van der Waals surface area contributed by atoms with Crippen molar-refractivity contribution in [1.29, 1.82) is 0 Å². The molecule has 2 heterocycles. The lowest BCUT2D eigenvalue weighted by molar-refractivity contribution is -0.128. The molecule has 0 unspecified atom stereocenters. The molecule has 3 aromatic carbocycles. The highest BCUT2D eigenvalue weighted by Gasteiger charge is 2.16. The van der Waals surface area contributed by atoms with E-state index in [0.717, 1.165) is 33.8 Å². The van der Waals surface area contributed by atoms with Crippen LogP contribution in [0, 0.1) is 6.92 Å². The number of anilines is 1. The maximum Gasteiger partial charge on any atom is 0.336 e. The van der Waals surface area contributed by atoms with E-state index in [1.807, 2.05) is 92.0 Å². The number of pyridine rings is 1. The van der Waals surface area contributed by atoms with E-state index in [-0.39, 0.29) is 0 Å². The summed E-state index contributed by atoms with van der Waals surface area (Å²) in [4.78, 5) is 17.3. The van der Waals surface area contributed by atoms with Crippen molar-refractivity contribution in [1.82, 2.24) is 9.38 Å². The van der Waals surface area contributed by atoms with E-state index < -0.39 is 5.97 Å². The lowest BCUT2D eigenvalue weighted by Gasteiger charge is -2.10. The molecule has 0 aliphatic heterocycles. The number of aromatic nitrogens is 2. The Hall–Kier alpha value is -4.64. The number of esters is 1. The molecule has 0 bridgehead atoms. The molecule has 0 fully saturated rings. The fourth-order valence-electron chi connectivity index (χ4n) is 3.94. The van der Waals surface area contributed by atoms with Crippen LogP contribution in [0.3, 0.4) is 0 Å². The van der Waals surface area contributed by atoms with Crippen molar-refractivity contribution in [2.24, 2.45) is 0 Å². The topological polar surface area (TPSA) is 55.6 Å². The molecular weight excluding hydrogens is 434 g/mol. The van der Waals surface area contributed by atoms with Gasteiger partial charge in [-0.3, -0.25) is 4.40 Å². The fourth-order valence-corrected chi connectivity index (χ4v) is 3.94. The standard InChI is InChI=1S/C30H25N3O2/c1-22-10-9-19-33-29(22)32-28(30(33)31-21-24-13-6-3-7-14-24)25-15-8-16-26(20-25)35-27(34)18-17-23-11-4-2-5-12-23/h2-20,31H,21H2,1H3/b18-17+. The summed E-state index contributed by atoms with van der Waals surface area (Å²) in [7, 11) is 0. The molecule has 172 valence electrons. The monoisotopic (exact) mass is 459 g/mol. The Morgan fingerprint density at radius 2 is 1.71 bits per heavy atom. The number of aryl methyl sites for hydroxylation is 1. The third-order valence-electron chi connectivity index (χ3n) is 5.69. The summed E-state index contributed by atoms with van der Waals surface area (Å²) < 4.78 is 7.65. The van der Waals surface area contributed by atoms with Crippen LogP contribution >= 0.6 is 0 Å². The summed E-state index contributed by atoms with van der Waals surface area (Å²) in [6.07, 6.45) is 5.18. The van der Waals surface area contributed by atoms with Crippen molar-refractivity contribution in [2.75, 3.05) is 5.32 Å². The smallest absolute Gasteiger partial charge is 0.336 e. The summed E-state index contributed by atoms with van der Waals surface area (Å²) in [6, 6.07) is 31.4. The van der Waals surface area contributed by atoms with Gasteiger partial charge in [0.25, 0.3) is 0 Å². The number of ether oxygens (including phenoxy) is 1. The molecule has 5 heteroatoms. The van der Waals surface area contributed by atoms with Gasteiger partial charge in [0, 0.05) is 24.4 Å². The predicted octanol–water partition coefficient (Wildman–Crippen LogP) is 6.54. The van der Waals surface area contributed by atoms with Crippen LogP contribution in [0.2, 0.25) is 0 Å². The fraction of sp³-hybridized carbons (Fsp3) is 0.0667. The summed E-state index contributed by atoms with van der Waals surface area (Å²) in [5, 5.41) is 3.56. The second-order valence-electron chi connectivity index (χ2n) is 8.23. The number of nitrogens with one attached hydrogen (secondary N) is 1. The largest absolute Gasteiger partial charge is 0.423 e. The lowest BCUT2D eigenvalue weighted by Crippen LogP contribution is -2.04. The Labute approximate surface area is 204 Å². The number of fused-ring (bicyclic) bond motifs is 1. The Bertz CT molecular complexity index is 1490. The highest BCUT2D eigenvalue weighted by Crippen LogP contribution is 2.32. The minimum Gasteiger partial charge on any atom is -0.423 e.